The molecular formula is C23H27N3O3S2. The molecule has 4 rings (SSSR count). The van der Waals surface area contributed by atoms with Crippen LogP contribution >= 0.6 is 11.3 Å². The summed E-state index contributed by atoms with van der Waals surface area (Å²) in [6, 6.07) is 17.0. The number of nitrogens with zero attached hydrogens (tertiary/aromatic N) is 1. The molecule has 164 valence electrons. The largest absolute Gasteiger partial charge is 0.495 e. The summed E-state index contributed by atoms with van der Waals surface area (Å²) in [5.41, 5.74) is 2.40. The van der Waals surface area contributed by atoms with Gasteiger partial charge >= 0.3 is 0 Å². The Kier molecular flexibility index (Phi) is 6.22. The summed E-state index contributed by atoms with van der Waals surface area (Å²) in [4.78, 5) is 3.57. The highest BCUT2D eigenvalue weighted by atomic mass is 32.2. The van der Waals surface area contributed by atoms with E-state index < -0.39 is 10.0 Å². The first-order chi connectivity index (χ1) is 14.9. The zero-order valence-corrected chi connectivity index (χ0v) is 19.5. The summed E-state index contributed by atoms with van der Waals surface area (Å²) in [5.74, 6) is 0.726. The third-order valence-corrected chi connectivity index (χ3v) is 7.62. The zero-order chi connectivity index (χ0) is 22.0. The highest BCUT2D eigenvalue weighted by Crippen LogP contribution is 2.33. The van der Waals surface area contributed by atoms with Crippen LogP contribution in [0.5, 0.6) is 5.75 Å². The number of rotatable bonds is 6. The zero-order valence-electron chi connectivity index (χ0n) is 17.8. The number of anilines is 2. The molecule has 0 radical (unpaired) electrons. The van der Waals surface area contributed by atoms with E-state index in [1.54, 1.807) is 36.6 Å². The van der Waals surface area contributed by atoms with E-state index in [1.807, 2.05) is 41.8 Å². The molecule has 1 saturated heterocycles. The molecule has 0 aliphatic carbocycles. The Morgan fingerprint density at radius 3 is 2.39 bits per heavy atom. The van der Waals surface area contributed by atoms with Crippen LogP contribution in [0.2, 0.25) is 0 Å². The molecular weight excluding hydrogens is 430 g/mol. The van der Waals surface area contributed by atoms with Crippen LogP contribution in [0.15, 0.2) is 64.9 Å². The molecule has 31 heavy (non-hydrogen) atoms. The normalized spacial score (nSPS) is 19.3. The van der Waals surface area contributed by atoms with Crippen LogP contribution in [0.3, 0.4) is 0 Å². The average Bonchev–Trinajstić information content (AvgIpc) is 3.28. The van der Waals surface area contributed by atoms with Crippen LogP contribution in [0.4, 0.5) is 11.4 Å². The topological polar surface area (TPSA) is 70.7 Å². The van der Waals surface area contributed by atoms with Gasteiger partial charge < -0.3 is 15.0 Å². The van der Waals surface area contributed by atoms with Crippen LogP contribution in [-0.4, -0.2) is 40.7 Å². The number of hydrogen-bond acceptors (Lipinski definition) is 6. The minimum Gasteiger partial charge on any atom is -0.495 e. The standard InChI is InChI=1S/C23H27N3O3S2/c1-16-14-26(15-17(2)24-16)21-13-19(8-11-22(21)29-3)25-31(27,28)20-9-6-18(7-10-20)23-5-4-12-30-23/h4-13,16-17,24-25H,14-15H2,1-3H3/t16-,17?/m0/s1. The second kappa shape index (κ2) is 8.90. The highest BCUT2D eigenvalue weighted by molar-refractivity contribution is 7.92. The number of sulfonamides is 1. The molecule has 2 aromatic carbocycles. The van der Waals surface area contributed by atoms with Crippen molar-refractivity contribution in [1.82, 2.24) is 5.32 Å². The third-order valence-electron chi connectivity index (χ3n) is 5.30. The van der Waals surface area contributed by atoms with Gasteiger partial charge in [-0.2, -0.15) is 0 Å². The lowest BCUT2D eigenvalue weighted by atomic mass is 10.1. The second-order valence-electron chi connectivity index (χ2n) is 7.87. The van der Waals surface area contributed by atoms with Crippen LogP contribution in [-0.2, 0) is 10.0 Å². The summed E-state index contributed by atoms with van der Waals surface area (Å²) >= 11 is 1.62. The molecule has 2 heterocycles. The number of piperazine rings is 1. The monoisotopic (exact) mass is 457 g/mol. The van der Waals surface area contributed by atoms with Gasteiger partial charge in [0.05, 0.1) is 23.4 Å². The van der Waals surface area contributed by atoms with Gasteiger partial charge in [-0.15, -0.1) is 11.3 Å². The predicted molar refractivity (Wildman–Crippen MR) is 128 cm³/mol. The molecule has 1 fully saturated rings. The van der Waals surface area contributed by atoms with E-state index in [-0.39, 0.29) is 4.90 Å². The molecule has 6 nitrogen and oxygen atoms in total. The van der Waals surface area contributed by atoms with Crippen LogP contribution < -0.4 is 19.7 Å². The lowest BCUT2D eigenvalue weighted by Crippen LogP contribution is -2.54. The van der Waals surface area contributed by atoms with Crippen molar-refractivity contribution >= 4 is 32.7 Å². The van der Waals surface area contributed by atoms with Crippen LogP contribution in [0.25, 0.3) is 10.4 Å². The third kappa shape index (κ3) is 4.87. The van der Waals surface area contributed by atoms with E-state index in [4.69, 9.17) is 4.74 Å². The van der Waals surface area contributed by atoms with Crippen LogP contribution in [0, 0.1) is 0 Å². The fraction of sp³-hybridized carbons (Fsp3) is 0.304. The summed E-state index contributed by atoms with van der Waals surface area (Å²) in [7, 11) is -2.07. The fourth-order valence-electron chi connectivity index (χ4n) is 3.98. The summed E-state index contributed by atoms with van der Waals surface area (Å²) < 4.78 is 34.2. The van der Waals surface area contributed by atoms with Crippen LogP contribution in [0.1, 0.15) is 13.8 Å². The van der Waals surface area contributed by atoms with Gasteiger partial charge in [0.15, 0.2) is 0 Å². The Balaban J connectivity index is 1.58. The molecule has 0 bridgehead atoms. The first-order valence-electron chi connectivity index (χ1n) is 10.2. The van der Waals surface area contributed by atoms with Crippen molar-refractivity contribution in [3.8, 4) is 16.2 Å². The lowest BCUT2D eigenvalue weighted by Gasteiger charge is -2.38. The van der Waals surface area contributed by atoms with Crippen molar-refractivity contribution in [2.45, 2.75) is 30.8 Å². The molecule has 2 N–H and O–H groups in total. The average molecular weight is 458 g/mol. The molecule has 1 aliphatic heterocycles. The predicted octanol–water partition coefficient (Wildman–Crippen LogP) is 4.41. The van der Waals surface area contributed by atoms with E-state index in [1.165, 1.54) is 0 Å². The number of methoxy groups -OCH3 is 1. The van der Waals surface area contributed by atoms with E-state index >= 15 is 0 Å². The molecule has 2 atom stereocenters. The smallest absolute Gasteiger partial charge is 0.261 e. The van der Waals surface area contributed by atoms with Gasteiger partial charge in [0.1, 0.15) is 5.75 Å². The lowest BCUT2D eigenvalue weighted by molar-refractivity contribution is 0.391. The Hall–Kier alpha value is -2.55. The molecule has 1 unspecified atom stereocenters. The quantitative estimate of drug-likeness (QED) is 0.574. The molecule has 8 heteroatoms. The van der Waals surface area contributed by atoms with Crippen molar-refractivity contribution < 1.29 is 13.2 Å². The van der Waals surface area contributed by atoms with Crippen molar-refractivity contribution in [1.29, 1.82) is 0 Å². The van der Waals surface area contributed by atoms with E-state index in [9.17, 15) is 8.42 Å². The minimum absolute atomic E-state index is 0.231. The maximum absolute atomic E-state index is 13.0. The van der Waals surface area contributed by atoms with Gasteiger partial charge in [0, 0.05) is 30.1 Å². The molecule has 3 aromatic rings. The SMILES string of the molecule is COc1ccc(NS(=O)(=O)c2ccc(-c3cccs3)cc2)cc1N1CC(C)N[C@@H](C)C1. The van der Waals surface area contributed by atoms with Crippen molar-refractivity contribution in [2.75, 3.05) is 29.8 Å². The first kappa shape index (κ1) is 21.7. The Morgan fingerprint density at radius 1 is 1.06 bits per heavy atom. The summed E-state index contributed by atoms with van der Waals surface area (Å²) in [6.07, 6.45) is 0. The van der Waals surface area contributed by atoms with E-state index in [0.717, 1.165) is 35.0 Å². The molecule has 0 saturated carbocycles. The van der Waals surface area contributed by atoms with Crippen molar-refractivity contribution in [2.24, 2.45) is 0 Å². The minimum atomic E-state index is -3.71. The molecule has 1 aromatic heterocycles. The molecule has 0 amide bonds. The summed E-state index contributed by atoms with van der Waals surface area (Å²) in [6.45, 7) is 5.92. The Morgan fingerprint density at radius 2 is 1.77 bits per heavy atom. The number of thiophene rings is 1. The maximum Gasteiger partial charge on any atom is 0.261 e. The highest BCUT2D eigenvalue weighted by Gasteiger charge is 2.24. The molecule has 1 aliphatic rings. The van der Waals surface area contributed by atoms with Gasteiger partial charge in [0.2, 0.25) is 0 Å². The number of ether oxygens (including phenoxy) is 1. The van der Waals surface area contributed by atoms with Gasteiger partial charge in [-0.1, -0.05) is 18.2 Å². The van der Waals surface area contributed by atoms with E-state index in [2.05, 4.69) is 28.8 Å². The second-order valence-corrected chi connectivity index (χ2v) is 10.5. The first-order valence-corrected chi connectivity index (χ1v) is 12.6. The Labute approximate surface area is 187 Å². The Bertz CT molecular complexity index is 1120. The van der Waals surface area contributed by atoms with Crippen molar-refractivity contribution in [3.63, 3.8) is 0 Å². The number of hydrogen-bond donors (Lipinski definition) is 2. The van der Waals surface area contributed by atoms with Crippen molar-refractivity contribution in [3.05, 3.63) is 60.0 Å². The summed E-state index contributed by atoms with van der Waals surface area (Å²) in [5, 5.41) is 5.51. The van der Waals surface area contributed by atoms with Gasteiger partial charge in [-0.05, 0) is 61.2 Å². The molecule has 0 spiro atoms. The van der Waals surface area contributed by atoms with Gasteiger partial charge in [0.25, 0.3) is 10.0 Å². The fourth-order valence-corrected chi connectivity index (χ4v) is 5.76. The van der Waals surface area contributed by atoms with E-state index in [0.29, 0.717) is 17.8 Å². The van der Waals surface area contributed by atoms with Gasteiger partial charge in [-0.3, -0.25) is 4.72 Å². The van der Waals surface area contributed by atoms with Gasteiger partial charge in [-0.25, -0.2) is 8.42 Å². The number of nitrogens with one attached hydrogen (secondary N) is 2. The number of benzene rings is 2. The maximum atomic E-state index is 13.0.